The van der Waals surface area contributed by atoms with Gasteiger partial charge in [0.25, 0.3) is 0 Å². The van der Waals surface area contributed by atoms with Gasteiger partial charge in [-0.3, -0.25) is 18.6 Å². The summed E-state index contributed by atoms with van der Waals surface area (Å²) in [6.45, 7) is 4.35. The standard InChI is InChI=1S/C43H77O11P/c1-4-38(3)30-26-22-18-14-12-13-17-21-25-29-33-43(48)54-41(37-53-55(49,50)52-35-40(46)34-44)36-51-42(47)32-28-24-20-16-11-9-7-6-8-10-15-19-23-27-31-39(45)5-2/h7-10,16,19-20,23,38-41,44-46H,4-6,11-15,17-18,21-22,24-37H2,1-3H3,(H,49,50)/b9-7-,10-8-,20-16-,23-19-/t38?,39-,40-,41+/m0/s1. The average Bonchev–Trinajstić information content (AvgIpc) is 3.17. The van der Waals surface area contributed by atoms with Crippen molar-refractivity contribution in [3.05, 3.63) is 48.6 Å². The normalized spacial score (nSPS) is 15.5. The highest BCUT2D eigenvalue weighted by molar-refractivity contribution is 7.47. The molecular weight excluding hydrogens is 723 g/mol. The SMILES string of the molecule is CCC(C)CCCCCCCCCCCCC(=O)O[C@H](COC(=O)CCC/C=C\C/C=C\C/C=C\C/C=C\CC[C@@H](O)CC)COP(=O)(O)OC[C@@H](O)CO. The van der Waals surface area contributed by atoms with Crippen LogP contribution in [0.25, 0.3) is 0 Å². The lowest BCUT2D eigenvalue weighted by molar-refractivity contribution is -0.161. The van der Waals surface area contributed by atoms with E-state index >= 15 is 0 Å². The van der Waals surface area contributed by atoms with Gasteiger partial charge in [0.15, 0.2) is 6.10 Å². The van der Waals surface area contributed by atoms with E-state index in [-0.39, 0.29) is 25.6 Å². The number of rotatable bonds is 38. The number of ether oxygens (including phenoxy) is 2. The van der Waals surface area contributed by atoms with E-state index in [1.807, 2.05) is 19.1 Å². The molecule has 2 unspecified atom stereocenters. The number of hydrogen-bond donors (Lipinski definition) is 4. The lowest BCUT2D eigenvalue weighted by atomic mass is 9.99. The molecule has 0 amide bonds. The van der Waals surface area contributed by atoms with Crippen molar-refractivity contribution in [3.8, 4) is 0 Å². The maximum absolute atomic E-state index is 12.6. The number of allylic oxidation sites excluding steroid dienone is 8. The number of aliphatic hydroxyl groups is 3. The summed E-state index contributed by atoms with van der Waals surface area (Å²) in [4.78, 5) is 34.9. The lowest BCUT2D eigenvalue weighted by Crippen LogP contribution is -2.29. The minimum atomic E-state index is -4.64. The van der Waals surface area contributed by atoms with Gasteiger partial charge in [-0.2, -0.15) is 0 Å². The van der Waals surface area contributed by atoms with Crippen LogP contribution < -0.4 is 0 Å². The molecule has 4 N–H and O–H groups in total. The van der Waals surface area contributed by atoms with Crippen molar-refractivity contribution >= 4 is 19.8 Å². The van der Waals surface area contributed by atoms with Gasteiger partial charge in [0.2, 0.25) is 0 Å². The Morgan fingerprint density at radius 2 is 1.11 bits per heavy atom. The van der Waals surface area contributed by atoms with Crippen LogP contribution in [0.2, 0.25) is 0 Å². The van der Waals surface area contributed by atoms with Crippen molar-refractivity contribution in [2.45, 2.75) is 180 Å². The molecule has 0 aromatic carbocycles. The second-order valence-electron chi connectivity index (χ2n) is 14.4. The molecular formula is C43H77O11P. The first-order chi connectivity index (χ1) is 26.5. The molecule has 0 radical (unpaired) electrons. The molecule has 55 heavy (non-hydrogen) atoms. The summed E-state index contributed by atoms with van der Waals surface area (Å²) in [6, 6.07) is 0. The monoisotopic (exact) mass is 801 g/mol. The number of carbonyl (C=O) groups is 2. The maximum Gasteiger partial charge on any atom is 0.472 e. The van der Waals surface area contributed by atoms with E-state index in [0.717, 1.165) is 63.7 Å². The molecule has 0 aliphatic carbocycles. The number of aliphatic hydroxyl groups excluding tert-OH is 3. The molecule has 12 heteroatoms. The molecule has 0 fully saturated rings. The van der Waals surface area contributed by atoms with Gasteiger partial charge in [0.05, 0.1) is 25.9 Å². The largest absolute Gasteiger partial charge is 0.472 e. The molecule has 11 nitrogen and oxygen atoms in total. The zero-order valence-corrected chi connectivity index (χ0v) is 35.3. The fourth-order valence-electron chi connectivity index (χ4n) is 5.35. The van der Waals surface area contributed by atoms with Gasteiger partial charge < -0.3 is 29.7 Å². The van der Waals surface area contributed by atoms with Crippen LogP contribution in [-0.4, -0.2) is 76.9 Å². The smallest absolute Gasteiger partial charge is 0.462 e. The van der Waals surface area contributed by atoms with E-state index in [1.54, 1.807) is 0 Å². The molecule has 0 saturated carbocycles. The number of esters is 2. The molecule has 320 valence electrons. The number of phosphoric ester groups is 1. The van der Waals surface area contributed by atoms with Crippen molar-refractivity contribution in [2.75, 3.05) is 26.4 Å². The highest BCUT2D eigenvalue weighted by Crippen LogP contribution is 2.43. The van der Waals surface area contributed by atoms with Gasteiger partial charge in [-0.15, -0.1) is 0 Å². The zero-order valence-electron chi connectivity index (χ0n) is 34.4. The Bertz CT molecular complexity index is 1090. The first-order valence-electron chi connectivity index (χ1n) is 21.1. The zero-order chi connectivity index (χ0) is 40.8. The van der Waals surface area contributed by atoms with E-state index in [2.05, 4.69) is 54.8 Å². The minimum absolute atomic E-state index is 0.152. The maximum atomic E-state index is 12.6. The van der Waals surface area contributed by atoms with Crippen molar-refractivity contribution in [2.24, 2.45) is 5.92 Å². The summed E-state index contributed by atoms with van der Waals surface area (Å²) in [5, 5.41) is 27.9. The molecule has 0 aromatic heterocycles. The van der Waals surface area contributed by atoms with E-state index in [1.165, 1.54) is 51.4 Å². The Labute approximate surface area is 333 Å². The Morgan fingerprint density at radius 1 is 0.600 bits per heavy atom. The fraction of sp³-hybridized carbons (Fsp3) is 0.767. The van der Waals surface area contributed by atoms with Crippen molar-refractivity contribution in [1.82, 2.24) is 0 Å². The molecule has 5 atom stereocenters. The van der Waals surface area contributed by atoms with Gasteiger partial charge in [-0.25, -0.2) is 4.57 Å². The quantitative estimate of drug-likeness (QED) is 0.0203. The summed E-state index contributed by atoms with van der Waals surface area (Å²) in [6.07, 6.45) is 34.6. The van der Waals surface area contributed by atoms with Gasteiger partial charge >= 0.3 is 19.8 Å². The molecule has 0 spiro atoms. The summed E-state index contributed by atoms with van der Waals surface area (Å²) in [5.74, 6) is -0.181. The Balaban J connectivity index is 4.43. The van der Waals surface area contributed by atoms with Crippen LogP contribution in [0.15, 0.2) is 48.6 Å². The van der Waals surface area contributed by atoms with E-state index in [9.17, 15) is 29.3 Å². The second-order valence-corrected chi connectivity index (χ2v) is 15.9. The predicted molar refractivity (Wildman–Crippen MR) is 220 cm³/mol. The summed E-state index contributed by atoms with van der Waals surface area (Å²) >= 11 is 0. The molecule has 0 aliphatic rings. The molecule has 0 rings (SSSR count). The van der Waals surface area contributed by atoms with E-state index < -0.39 is 51.8 Å². The number of carbonyl (C=O) groups excluding carboxylic acids is 2. The Morgan fingerprint density at radius 3 is 1.67 bits per heavy atom. The predicted octanol–water partition coefficient (Wildman–Crippen LogP) is 9.77. The molecule has 0 aliphatic heterocycles. The number of hydrogen-bond acceptors (Lipinski definition) is 10. The first kappa shape index (κ1) is 52.9. The van der Waals surface area contributed by atoms with Crippen molar-refractivity contribution < 1.29 is 52.9 Å². The Hall–Kier alpha value is -2.11. The third kappa shape index (κ3) is 37.2. The Kier molecular flexibility index (Phi) is 36.0. The van der Waals surface area contributed by atoms with Crippen LogP contribution in [0.4, 0.5) is 0 Å². The van der Waals surface area contributed by atoms with Gasteiger partial charge in [-0.1, -0.05) is 140 Å². The fourth-order valence-corrected chi connectivity index (χ4v) is 6.14. The van der Waals surface area contributed by atoms with Crippen LogP contribution in [0, 0.1) is 5.92 Å². The van der Waals surface area contributed by atoms with E-state index in [4.69, 9.17) is 19.1 Å². The van der Waals surface area contributed by atoms with Gasteiger partial charge in [0.1, 0.15) is 12.7 Å². The van der Waals surface area contributed by atoms with Crippen LogP contribution in [-0.2, 0) is 32.7 Å². The molecule has 0 bridgehead atoms. The average molecular weight is 801 g/mol. The highest BCUT2D eigenvalue weighted by atomic mass is 31.2. The summed E-state index contributed by atoms with van der Waals surface area (Å²) in [5.41, 5.74) is 0. The van der Waals surface area contributed by atoms with Crippen LogP contribution in [0.5, 0.6) is 0 Å². The summed E-state index contributed by atoms with van der Waals surface area (Å²) in [7, 11) is -4.64. The van der Waals surface area contributed by atoms with Gasteiger partial charge in [-0.05, 0) is 63.7 Å². The topological polar surface area (TPSA) is 169 Å². The van der Waals surface area contributed by atoms with Crippen LogP contribution in [0.1, 0.15) is 162 Å². The lowest BCUT2D eigenvalue weighted by Gasteiger charge is -2.20. The molecule has 0 heterocycles. The van der Waals surface area contributed by atoms with Crippen molar-refractivity contribution in [3.63, 3.8) is 0 Å². The molecule has 0 aromatic rings. The van der Waals surface area contributed by atoms with Crippen LogP contribution >= 0.6 is 7.82 Å². The number of unbranched alkanes of at least 4 members (excludes halogenated alkanes) is 10. The molecule has 0 saturated heterocycles. The summed E-state index contributed by atoms with van der Waals surface area (Å²) < 4.78 is 32.6. The second kappa shape index (κ2) is 37.5. The first-order valence-corrected chi connectivity index (χ1v) is 22.6. The minimum Gasteiger partial charge on any atom is -0.462 e. The van der Waals surface area contributed by atoms with Crippen molar-refractivity contribution in [1.29, 1.82) is 0 Å². The highest BCUT2D eigenvalue weighted by Gasteiger charge is 2.27. The number of phosphoric acid groups is 1. The third-order valence-electron chi connectivity index (χ3n) is 9.19. The van der Waals surface area contributed by atoms with Crippen LogP contribution in [0.3, 0.4) is 0 Å². The van der Waals surface area contributed by atoms with Gasteiger partial charge in [0, 0.05) is 12.8 Å². The van der Waals surface area contributed by atoms with E-state index in [0.29, 0.717) is 19.3 Å². The third-order valence-corrected chi connectivity index (χ3v) is 10.1.